The average molecular weight is 296 g/mol. The molecule has 0 aliphatic heterocycles. The van der Waals surface area contributed by atoms with Crippen LogP contribution < -0.4 is 10.6 Å². The molecule has 0 atom stereocenters. The van der Waals surface area contributed by atoms with E-state index in [9.17, 15) is 4.79 Å². The summed E-state index contributed by atoms with van der Waals surface area (Å²) < 4.78 is 0. The van der Waals surface area contributed by atoms with Gasteiger partial charge in [-0.1, -0.05) is 31.4 Å². The summed E-state index contributed by atoms with van der Waals surface area (Å²) in [6, 6.07) is 1.72. The number of rotatable bonds is 6. The zero-order chi connectivity index (χ0) is 14.4. The van der Waals surface area contributed by atoms with Gasteiger partial charge in [-0.2, -0.15) is 0 Å². The first-order valence-corrected chi connectivity index (χ1v) is 7.76. The Morgan fingerprint density at radius 1 is 1.45 bits per heavy atom. The molecule has 1 aliphatic rings. The third-order valence-electron chi connectivity index (χ3n) is 3.68. The van der Waals surface area contributed by atoms with Gasteiger partial charge in [0.1, 0.15) is 5.82 Å². The maximum Gasteiger partial charge on any atom is 0.252 e. The van der Waals surface area contributed by atoms with Crippen molar-refractivity contribution < 1.29 is 4.79 Å². The zero-order valence-electron chi connectivity index (χ0n) is 11.9. The highest BCUT2D eigenvalue weighted by molar-refractivity contribution is 6.33. The minimum atomic E-state index is -0.108. The standard InChI is InChI=1S/C15H22ClN3O/c1-2-7-17-14-8-12(13(16)10-18-14)15(20)19-9-11-5-3-4-6-11/h8,10-11H,2-7,9H2,1H3,(H,17,18)(H,19,20). The van der Waals surface area contributed by atoms with Crippen LogP contribution in [0.15, 0.2) is 12.3 Å². The van der Waals surface area contributed by atoms with Crippen LogP contribution in [-0.2, 0) is 0 Å². The van der Waals surface area contributed by atoms with Crippen molar-refractivity contribution in [2.75, 3.05) is 18.4 Å². The first-order valence-electron chi connectivity index (χ1n) is 7.38. The molecule has 0 radical (unpaired) electrons. The molecule has 1 aliphatic carbocycles. The summed E-state index contributed by atoms with van der Waals surface area (Å²) in [5.74, 6) is 1.21. The van der Waals surface area contributed by atoms with Crippen LogP contribution in [0.2, 0.25) is 5.02 Å². The summed E-state index contributed by atoms with van der Waals surface area (Å²) in [5.41, 5.74) is 0.498. The van der Waals surface area contributed by atoms with E-state index in [0.29, 0.717) is 22.3 Å². The van der Waals surface area contributed by atoms with Gasteiger partial charge in [0.05, 0.1) is 10.6 Å². The van der Waals surface area contributed by atoms with E-state index in [1.165, 1.54) is 31.9 Å². The van der Waals surface area contributed by atoms with Gasteiger partial charge in [0.25, 0.3) is 5.91 Å². The average Bonchev–Trinajstić information content (AvgIpc) is 2.97. The molecule has 1 aromatic heterocycles. The molecule has 5 heteroatoms. The Bertz CT molecular complexity index is 458. The molecule has 2 N–H and O–H groups in total. The van der Waals surface area contributed by atoms with Crippen molar-refractivity contribution in [3.8, 4) is 0 Å². The molecule has 20 heavy (non-hydrogen) atoms. The molecule has 110 valence electrons. The van der Waals surface area contributed by atoms with E-state index in [1.54, 1.807) is 6.07 Å². The van der Waals surface area contributed by atoms with Gasteiger partial charge in [-0.15, -0.1) is 0 Å². The molecule has 1 heterocycles. The SMILES string of the molecule is CCCNc1cc(C(=O)NCC2CCCC2)c(Cl)cn1. The summed E-state index contributed by atoms with van der Waals surface area (Å²) in [6.07, 6.45) is 7.53. The lowest BCUT2D eigenvalue weighted by atomic mass is 10.1. The van der Waals surface area contributed by atoms with Gasteiger partial charge in [-0.05, 0) is 31.2 Å². The Morgan fingerprint density at radius 3 is 2.90 bits per heavy atom. The fourth-order valence-corrected chi connectivity index (χ4v) is 2.70. The molecule has 0 bridgehead atoms. The molecule has 1 fully saturated rings. The van der Waals surface area contributed by atoms with Crippen molar-refractivity contribution in [1.82, 2.24) is 10.3 Å². The minimum absolute atomic E-state index is 0.108. The lowest BCUT2D eigenvalue weighted by molar-refractivity contribution is 0.0947. The predicted octanol–water partition coefficient (Wildman–Crippen LogP) is 3.48. The summed E-state index contributed by atoms with van der Waals surface area (Å²) >= 11 is 6.07. The van der Waals surface area contributed by atoms with Gasteiger partial charge in [-0.3, -0.25) is 4.79 Å². The van der Waals surface area contributed by atoms with Crippen LogP contribution in [0.1, 0.15) is 49.4 Å². The van der Waals surface area contributed by atoms with Crippen LogP contribution in [0, 0.1) is 5.92 Å². The monoisotopic (exact) mass is 295 g/mol. The molecular formula is C15H22ClN3O. The number of amides is 1. The van der Waals surface area contributed by atoms with Gasteiger partial charge < -0.3 is 10.6 Å². The van der Waals surface area contributed by atoms with Crippen molar-refractivity contribution in [3.05, 3.63) is 22.8 Å². The first-order chi connectivity index (χ1) is 9.70. The van der Waals surface area contributed by atoms with Gasteiger partial charge >= 0.3 is 0 Å². The second kappa shape index (κ2) is 7.48. The van der Waals surface area contributed by atoms with E-state index in [4.69, 9.17) is 11.6 Å². The fraction of sp³-hybridized carbons (Fsp3) is 0.600. The molecule has 0 saturated heterocycles. The van der Waals surface area contributed by atoms with Crippen LogP contribution in [0.25, 0.3) is 0 Å². The van der Waals surface area contributed by atoms with E-state index >= 15 is 0 Å². The lowest BCUT2D eigenvalue weighted by Crippen LogP contribution is -2.28. The molecule has 0 unspecified atom stereocenters. The Hall–Kier alpha value is -1.29. The molecule has 0 aromatic carbocycles. The van der Waals surface area contributed by atoms with E-state index in [2.05, 4.69) is 22.5 Å². The number of halogens is 1. The first kappa shape index (κ1) is 15.1. The van der Waals surface area contributed by atoms with Gasteiger partial charge in [0, 0.05) is 19.3 Å². The maximum absolute atomic E-state index is 12.2. The predicted molar refractivity (Wildman–Crippen MR) is 82.3 cm³/mol. The highest BCUT2D eigenvalue weighted by atomic mass is 35.5. The highest BCUT2D eigenvalue weighted by Crippen LogP contribution is 2.24. The quantitative estimate of drug-likeness (QED) is 0.845. The Morgan fingerprint density at radius 2 is 2.20 bits per heavy atom. The largest absolute Gasteiger partial charge is 0.370 e. The maximum atomic E-state index is 12.2. The molecule has 1 aromatic rings. The second-order valence-corrected chi connectivity index (χ2v) is 5.74. The van der Waals surface area contributed by atoms with Crippen molar-refractivity contribution >= 4 is 23.3 Å². The van der Waals surface area contributed by atoms with Crippen LogP contribution >= 0.6 is 11.6 Å². The highest BCUT2D eigenvalue weighted by Gasteiger charge is 2.17. The van der Waals surface area contributed by atoms with Gasteiger partial charge in [-0.25, -0.2) is 4.98 Å². The van der Waals surface area contributed by atoms with E-state index in [1.807, 2.05) is 0 Å². The molecule has 4 nitrogen and oxygen atoms in total. The van der Waals surface area contributed by atoms with Crippen molar-refractivity contribution in [1.29, 1.82) is 0 Å². The van der Waals surface area contributed by atoms with Crippen LogP contribution in [0.4, 0.5) is 5.82 Å². The number of anilines is 1. The van der Waals surface area contributed by atoms with E-state index in [0.717, 1.165) is 19.5 Å². The normalized spacial score (nSPS) is 15.3. The number of pyridine rings is 1. The Kier molecular flexibility index (Phi) is 5.65. The van der Waals surface area contributed by atoms with E-state index in [-0.39, 0.29) is 5.91 Å². The fourth-order valence-electron chi connectivity index (χ4n) is 2.51. The zero-order valence-corrected chi connectivity index (χ0v) is 12.7. The number of nitrogens with one attached hydrogen (secondary N) is 2. The summed E-state index contributed by atoms with van der Waals surface area (Å²) in [6.45, 7) is 3.66. The number of carbonyl (C=O) groups excluding carboxylic acids is 1. The molecule has 0 spiro atoms. The third-order valence-corrected chi connectivity index (χ3v) is 3.98. The smallest absolute Gasteiger partial charge is 0.252 e. The summed E-state index contributed by atoms with van der Waals surface area (Å²) in [5, 5.41) is 6.55. The number of aromatic nitrogens is 1. The van der Waals surface area contributed by atoms with Crippen LogP contribution in [0.3, 0.4) is 0 Å². The Labute approximate surface area is 125 Å². The van der Waals surface area contributed by atoms with Crippen LogP contribution in [0.5, 0.6) is 0 Å². The lowest BCUT2D eigenvalue weighted by Gasteiger charge is -2.12. The Balaban J connectivity index is 1.96. The van der Waals surface area contributed by atoms with Crippen molar-refractivity contribution in [2.45, 2.75) is 39.0 Å². The van der Waals surface area contributed by atoms with Crippen molar-refractivity contribution in [2.24, 2.45) is 5.92 Å². The molecule has 2 rings (SSSR count). The number of nitrogens with zero attached hydrogens (tertiary/aromatic N) is 1. The molecule has 1 amide bonds. The number of hydrogen-bond donors (Lipinski definition) is 2. The van der Waals surface area contributed by atoms with Crippen LogP contribution in [-0.4, -0.2) is 24.0 Å². The van der Waals surface area contributed by atoms with Crippen molar-refractivity contribution in [3.63, 3.8) is 0 Å². The third kappa shape index (κ3) is 4.10. The molecule has 1 saturated carbocycles. The number of hydrogen-bond acceptors (Lipinski definition) is 3. The van der Waals surface area contributed by atoms with Gasteiger partial charge in [0.2, 0.25) is 0 Å². The van der Waals surface area contributed by atoms with Gasteiger partial charge in [0.15, 0.2) is 0 Å². The topological polar surface area (TPSA) is 54.0 Å². The molecular weight excluding hydrogens is 274 g/mol. The number of carbonyl (C=O) groups is 1. The summed E-state index contributed by atoms with van der Waals surface area (Å²) in [4.78, 5) is 16.4. The minimum Gasteiger partial charge on any atom is -0.370 e. The second-order valence-electron chi connectivity index (χ2n) is 5.34. The summed E-state index contributed by atoms with van der Waals surface area (Å²) in [7, 11) is 0. The van der Waals surface area contributed by atoms with E-state index < -0.39 is 0 Å².